The van der Waals surface area contributed by atoms with Gasteiger partial charge in [-0.2, -0.15) is 17.4 Å². The lowest BCUT2D eigenvalue weighted by Gasteiger charge is -2.21. The smallest absolute Gasteiger partial charge is 0.195 e. The van der Waals surface area contributed by atoms with Crippen molar-refractivity contribution in [2.45, 2.75) is 25.8 Å². The molecule has 1 saturated heterocycles. The van der Waals surface area contributed by atoms with E-state index in [9.17, 15) is 8.42 Å². The van der Waals surface area contributed by atoms with E-state index in [2.05, 4.69) is 4.72 Å². The average molecular weight is 289 g/mol. The van der Waals surface area contributed by atoms with Gasteiger partial charge in [0.15, 0.2) is 0 Å². The van der Waals surface area contributed by atoms with Crippen LogP contribution in [-0.4, -0.2) is 25.8 Å². The Morgan fingerprint density at radius 3 is 2.50 bits per heavy atom. The highest BCUT2D eigenvalue weighted by Gasteiger charge is 2.27. The van der Waals surface area contributed by atoms with E-state index in [0.29, 0.717) is 18.1 Å². The van der Waals surface area contributed by atoms with Crippen molar-refractivity contribution < 1.29 is 8.42 Å². The van der Waals surface area contributed by atoms with Crippen molar-refractivity contribution in [1.29, 1.82) is 0 Å². The second-order valence-corrected chi connectivity index (χ2v) is 6.58. The first-order valence-electron chi connectivity index (χ1n) is 6.02. The van der Waals surface area contributed by atoms with Crippen molar-refractivity contribution in [1.82, 2.24) is 9.03 Å². The van der Waals surface area contributed by atoms with Gasteiger partial charge in [-0.1, -0.05) is 29.8 Å². The molecule has 0 bridgehead atoms. The van der Waals surface area contributed by atoms with E-state index in [1.165, 1.54) is 4.31 Å². The minimum absolute atomic E-state index is 0.329. The molecule has 1 N–H and O–H groups in total. The molecule has 6 heteroatoms. The third kappa shape index (κ3) is 3.03. The van der Waals surface area contributed by atoms with Gasteiger partial charge in [0, 0.05) is 24.2 Å². The Balaban J connectivity index is 2.11. The number of rotatable bonds is 4. The largest absolute Gasteiger partial charge is 0.279 e. The van der Waals surface area contributed by atoms with Crippen molar-refractivity contribution in [2.24, 2.45) is 0 Å². The van der Waals surface area contributed by atoms with E-state index in [-0.39, 0.29) is 6.04 Å². The quantitative estimate of drug-likeness (QED) is 0.924. The van der Waals surface area contributed by atoms with Gasteiger partial charge in [-0.3, -0.25) is 0 Å². The number of nitrogens with one attached hydrogen (secondary N) is 1. The second kappa shape index (κ2) is 5.57. The average Bonchev–Trinajstić information content (AvgIpc) is 2.82. The lowest BCUT2D eigenvalue weighted by Crippen LogP contribution is -2.40. The highest BCUT2D eigenvalue weighted by molar-refractivity contribution is 7.87. The first-order chi connectivity index (χ1) is 8.50. The maximum atomic E-state index is 12.1. The minimum atomic E-state index is -3.40. The van der Waals surface area contributed by atoms with Gasteiger partial charge in [0.25, 0.3) is 10.2 Å². The lowest BCUT2D eigenvalue weighted by atomic mass is 10.1. The summed E-state index contributed by atoms with van der Waals surface area (Å²) in [5.41, 5.74) is 0.793. The minimum Gasteiger partial charge on any atom is -0.195 e. The summed E-state index contributed by atoms with van der Waals surface area (Å²) in [7, 11) is -3.40. The molecule has 1 atom stereocenters. The van der Waals surface area contributed by atoms with Crippen molar-refractivity contribution in [3.63, 3.8) is 0 Å². The Morgan fingerprint density at radius 2 is 1.89 bits per heavy atom. The van der Waals surface area contributed by atoms with Crippen LogP contribution < -0.4 is 4.72 Å². The summed E-state index contributed by atoms with van der Waals surface area (Å²) >= 11 is 6.06. The van der Waals surface area contributed by atoms with E-state index in [1.807, 2.05) is 18.2 Å². The zero-order chi connectivity index (χ0) is 13.2. The molecule has 0 spiro atoms. The fraction of sp³-hybridized carbons (Fsp3) is 0.500. The molecule has 1 aromatic carbocycles. The monoisotopic (exact) mass is 288 g/mol. The maximum Gasteiger partial charge on any atom is 0.279 e. The van der Waals surface area contributed by atoms with Crippen LogP contribution in [-0.2, 0) is 10.2 Å². The summed E-state index contributed by atoms with van der Waals surface area (Å²) in [5, 5.41) is 0.578. The molecule has 18 heavy (non-hydrogen) atoms. The number of hydrogen-bond acceptors (Lipinski definition) is 2. The predicted octanol–water partition coefficient (Wildman–Crippen LogP) is 2.33. The van der Waals surface area contributed by atoms with E-state index >= 15 is 0 Å². The Morgan fingerprint density at radius 1 is 1.28 bits per heavy atom. The summed E-state index contributed by atoms with van der Waals surface area (Å²) in [5.74, 6) is 0. The lowest BCUT2D eigenvalue weighted by molar-refractivity contribution is 0.457. The van der Waals surface area contributed by atoms with Crippen LogP contribution in [0.3, 0.4) is 0 Å². The third-order valence-electron chi connectivity index (χ3n) is 3.10. The number of benzene rings is 1. The molecule has 1 heterocycles. The molecule has 4 nitrogen and oxygen atoms in total. The summed E-state index contributed by atoms with van der Waals surface area (Å²) in [6.07, 6.45) is 1.86. The summed E-state index contributed by atoms with van der Waals surface area (Å²) in [4.78, 5) is 0. The van der Waals surface area contributed by atoms with Crippen LogP contribution >= 0.6 is 11.6 Å². The Labute approximate surface area is 113 Å². The molecule has 0 aromatic heterocycles. The van der Waals surface area contributed by atoms with Crippen molar-refractivity contribution in [3.8, 4) is 0 Å². The van der Waals surface area contributed by atoms with E-state index < -0.39 is 10.2 Å². The number of halogens is 1. The molecule has 100 valence electrons. The van der Waals surface area contributed by atoms with Crippen LogP contribution in [0.2, 0.25) is 5.02 Å². The van der Waals surface area contributed by atoms with Crippen LogP contribution in [0.1, 0.15) is 31.4 Å². The van der Waals surface area contributed by atoms with Crippen LogP contribution in [0.15, 0.2) is 24.3 Å². The molecule has 2 rings (SSSR count). The molecule has 1 aliphatic rings. The van der Waals surface area contributed by atoms with Gasteiger partial charge >= 0.3 is 0 Å². The molecule has 1 unspecified atom stereocenters. The molecule has 1 aromatic rings. The summed E-state index contributed by atoms with van der Waals surface area (Å²) in [6.45, 7) is 3.00. The molecular formula is C12H17ClN2O2S. The van der Waals surface area contributed by atoms with Gasteiger partial charge in [0.1, 0.15) is 0 Å². The van der Waals surface area contributed by atoms with Gasteiger partial charge < -0.3 is 0 Å². The highest BCUT2D eigenvalue weighted by Crippen LogP contribution is 2.23. The Bertz CT molecular complexity index is 513. The normalized spacial score (nSPS) is 19.0. The fourth-order valence-electron chi connectivity index (χ4n) is 2.12. The molecule has 0 aliphatic carbocycles. The molecule has 0 radical (unpaired) electrons. The highest BCUT2D eigenvalue weighted by atomic mass is 35.5. The Kier molecular flexibility index (Phi) is 4.27. The molecule has 0 saturated carbocycles. The zero-order valence-electron chi connectivity index (χ0n) is 10.3. The van der Waals surface area contributed by atoms with Gasteiger partial charge in [0.05, 0.1) is 0 Å². The fourth-order valence-corrected chi connectivity index (χ4v) is 3.88. The molecule has 1 aliphatic heterocycles. The van der Waals surface area contributed by atoms with Crippen molar-refractivity contribution in [3.05, 3.63) is 34.9 Å². The number of nitrogens with zero attached hydrogens (tertiary/aromatic N) is 1. The predicted molar refractivity (Wildman–Crippen MR) is 72.7 cm³/mol. The molecular weight excluding hydrogens is 272 g/mol. The Hall–Kier alpha value is -0.620. The van der Waals surface area contributed by atoms with Crippen LogP contribution in [0.5, 0.6) is 0 Å². The zero-order valence-corrected chi connectivity index (χ0v) is 11.8. The third-order valence-corrected chi connectivity index (χ3v) is 5.14. The van der Waals surface area contributed by atoms with E-state index in [0.717, 1.165) is 18.4 Å². The topological polar surface area (TPSA) is 49.4 Å². The van der Waals surface area contributed by atoms with E-state index in [4.69, 9.17) is 11.6 Å². The first kappa shape index (κ1) is 13.8. The van der Waals surface area contributed by atoms with Crippen LogP contribution in [0, 0.1) is 0 Å². The summed E-state index contributed by atoms with van der Waals surface area (Å²) < 4.78 is 28.4. The van der Waals surface area contributed by atoms with Crippen LogP contribution in [0.4, 0.5) is 0 Å². The van der Waals surface area contributed by atoms with Crippen molar-refractivity contribution >= 4 is 21.8 Å². The van der Waals surface area contributed by atoms with Gasteiger partial charge in [0.2, 0.25) is 0 Å². The van der Waals surface area contributed by atoms with Gasteiger partial charge in [-0.05, 0) is 31.4 Å². The SMILES string of the molecule is CC(NS(=O)(=O)N1CCCC1)c1ccccc1Cl. The maximum absolute atomic E-state index is 12.1. The second-order valence-electron chi connectivity index (χ2n) is 4.47. The van der Waals surface area contributed by atoms with Gasteiger partial charge in [-0.25, -0.2) is 0 Å². The standard InChI is InChI=1S/C12H17ClN2O2S/c1-10(11-6-2-3-7-12(11)13)14-18(16,17)15-8-4-5-9-15/h2-3,6-7,10,14H,4-5,8-9H2,1H3. The number of hydrogen-bond donors (Lipinski definition) is 1. The summed E-state index contributed by atoms with van der Waals surface area (Å²) in [6, 6.07) is 6.94. The van der Waals surface area contributed by atoms with Crippen molar-refractivity contribution in [2.75, 3.05) is 13.1 Å². The molecule has 1 fully saturated rings. The first-order valence-corrected chi connectivity index (χ1v) is 7.84. The van der Waals surface area contributed by atoms with Crippen LogP contribution in [0.25, 0.3) is 0 Å². The van der Waals surface area contributed by atoms with Gasteiger partial charge in [-0.15, -0.1) is 0 Å². The van der Waals surface area contributed by atoms with E-state index in [1.54, 1.807) is 13.0 Å². The molecule has 0 amide bonds.